The zero-order chi connectivity index (χ0) is 6.85. The van der Waals surface area contributed by atoms with Crippen LogP contribution in [0, 0.1) is 11.3 Å². The van der Waals surface area contributed by atoms with Crippen molar-refractivity contribution in [3.05, 3.63) is 9.90 Å². The van der Waals surface area contributed by atoms with Crippen LogP contribution in [0.4, 0.5) is 5.82 Å². The first-order valence-electron chi connectivity index (χ1n) is 2.06. The zero-order valence-electron chi connectivity index (χ0n) is 4.26. The van der Waals surface area contributed by atoms with Crippen molar-refractivity contribution in [3.63, 3.8) is 0 Å². The topological polar surface area (TPSA) is 62.7 Å². The van der Waals surface area contributed by atoms with Crippen molar-refractivity contribution < 1.29 is 0 Å². The molecule has 0 saturated heterocycles. The minimum absolute atomic E-state index is 0.215. The molecule has 0 radical (unpaired) electrons. The van der Waals surface area contributed by atoms with Gasteiger partial charge in [-0.1, -0.05) is 11.6 Å². The molecule has 0 aromatic carbocycles. The van der Waals surface area contributed by atoms with E-state index in [1.54, 1.807) is 0 Å². The molecule has 0 fully saturated rings. The Balaban J connectivity index is 3.27. The van der Waals surface area contributed by atoms with Crippen LogP contribution in [0.25, 0.3) is 0 Å². The minimum Gasteiger partial charge on any atom is -0.382 e. The molecule has 0 aliphatic carbocycles. The molecule has 0 spiro atoms. The van der Waals surface area contributed by atoms with E-state index in [1.165, 1.54) is 0 Å². The van der Waals surface area contributed by atoms with Gasteiger partial charge in [-0.3, -0.25) is 0 Å². The number of hydrogen-bond donors (Lipinski definition) is 1. The largest absolute Gasteiger partial charge is 0.382 e. The van der Waals surface area contributed by atoms with Crippen LogP contribution in [0.5, 0.6) is 0 Å². The van der Waals surface area contributed by atoms with Gasteiger partial charge >= 0.3 is 0 Å². The molecular weight excluding hydrogens is 158 g/mol. The molecule has 0 bridgehead atoms. The van der Waals surface area contributed by atoms with Crippen LogP contribution < -0.4 is 5.73 Å². The molecule has 0 aliphatic heterocycles. The van der Waals surface area contributed by atoms with E-state index >= 15 is 0 Å². The van der Waals surface area contributed by atoms with E-state index in [4.69, 9.17) is 22.6 Å². The quantitative estimate of drug-likeness (QED) is 0.620. The molecule has 0 atom stereocenters. The summed E-state index contributed by atoms with van der Waals surface area (Å²) in [6.45, 7) is 0. The molecule has 1 aromatic heterocycles. The maximum absolute atomic E-state index is 8.34. The van der Waals surface area contributed by atoms with Crippen LogP contribution in [-0.2, 0) is 0 Å². The number of nitrogens with zero attached hydrogens (tertiary/aromatic N) is 2. The van der Waals surface area contributed by atoms with E-state index in [1.807, 2.05) is 6.07 Å². The first-order chi connectivity index (χ1) is 4.25. The lowest BCUT2D eigenvalue weighted by Crippen LogP contribution is -1.85. The normalized spacial score (nSPS) is 8.89. The summed E-state index contributed by atoms with van der Waals surface area (Å²) in [5, 5.41) is 8.34. The lowest BCUT2D eigenvalue weighted by molar-refractivity contribution is 1.47. The number of rotatable bonds is 0. The average Bonchev–Trinajstić information content (AvgIpc) is 2.12. The van der Waals surface area contributed by atoms with Crippen molar-refractivity contribution in [2.75, 3.05) is 5.73 Å². The maximum Gasteiger partial charge on any atom is 0.156 e. The summed E-state index contributed by atoms with van der Waals surface area (Å²) in [5.74, 6) is 0.215. The Bertz CT molecular complexity index is 242. The second-order valence-electron chi connectivity index (χ2n) is 1.33. The summed E-state index contributed by atoms with van der Waals surface area (Å²) in [4.78, 5) is 0. The highest BCUT2D eigenvalue weighted by atomic mass is 35.5. The van der Waals surface area contributed by atoms with Gasteiger partial charge in [0.2, 0.25) is 0 Å². The van der Waals surface area contributed by atoms with Crippen molar-refractivity contribution in [1.82, 2.24) is 4.37 Å². The third-order valence-corrected chi connectivity index (χ3v) is 1.84. The predicted octanol–water partition coefficient (Wildman–Crippen LogP) is 1.25. The number of halogens is 1. The Labute approximate surface area is 60.8 Å². The summed E-state index contributed by atoms with van der Waals surface area (Å²) in [7, 11) is 0. The van der Waals surface area contributed by atoms with E-state index in [-0.39, 0.29) is 11.4 Å². The third-order valence-electron chi connectivity index (χ3n) is 0.789. The molecule has 1 rings (SSSR count). The molecule has 5 heteroatoms. The SMILES string of the molecule is N#Cc1c(N)nsc1Cl. The summed E-state index contributed by atoms with van der Waals surface area (Å²) in [6, 6.07) is 1.83. The summed E-state index contributed by atoms with van der Waals surface area (Å²) in [5.41, 5.74) is 5.52. The van der Waals surface area contributed by atoms with E-state index in [9.17, 15) is 0 Å². The highest BCUT2D eigenvalue weighted by Gasteiger charge is 2.06. The van der Waals surface area contributed by atoms with E-state index < -0.39 is 0 Å². The Kier molecular flexibility index (Phi) is 1.56. The average molecular weight is 160 g/mol. The predicted molar refractivity (Wildman–Crippen MR) is 36.3 cm³/mol. The number of nitrogen functional groups attached to an aromatic ring is 1. The van der Waals surface area contributed by atoms with E-state index in [2.05, 4.69) is 4.37 Å². The fraction of sp³-hybridized carbons (Fsp3) is 0. The van der Waals surface area contributed by atoms with Gasteiger partial charge in [0.25, 0.3) is 0 Å². The zero-order valence-corrected chi connectivity index (χ0v) is 5.83. The second-order valence-corrected chi connectivity index (χ2v) is 2.70. The van der Waals surface area contributed by atoms with Gasteiger partial charge in [0, 0.05) is 0 Å². The molecule has 0 aliphatic rings. The Hall–Kier alpha value is -0.790. The lowest BCUT2D eigenvalue weighted by atomic mass is 10.4. The lowest BCUT2D eigenvalue weighted by Gasteiger charge is -1.79. The van der Waals surface area contributed by atoms with Crippen LogP contribution in [0.1, 0.15) is 5.56 Å². The van der Waals surface area contributed by atoms with Crippen molar-refractivity contribution in [2.45, 2.75) is 0 Å². The standard InChI is InChI=1S/C4H2ClN3S/c5-3-2(1-6)4(7)8-9-3/h(H2,7,8). The molecule has 0 saturated carbocycles. The third kappa shape index (κ3) is 0.969. The molecule has 1 aromatic rings. The number of hydrogen-bond acceptors (Lipinski definition) is 4. The number of aromatic nitrogens is 1. The Morgan fingerprint density at radius 2 is 2.44 bits per heavy atom. The minimum atomic E-state index is 0.215. The maximum atomic E-state index is 8.34. The van der Waals surface area contributed by atoms with Gasteiger partial charge in [-0.15, -0.1) is 0 Å². The fourth-order valence-electron chi connectivity index (χ4n) is 0.382. The van der Waals surface area contributed by atoms with Crippen LogP contribution in [0.3, 0.4) is 0 Å². The first-order valence-corrected chi connectivity index (χ1v) is 3.21. The highest BCUT2D eigenvalue weighted by molar-refractivity contribution is 7.11. The van der Waals surface area contributed by atoms with Crippen LogP contribution >= 0.6 is 23.1 Å². The van der Waals surface area contributed by atoms with Crippen molar-refractivity contribution in [2.24, 2.45) is 0 Å². The second kappa shape index (κ2) is 2.21. The van der Waals surface area contributed by atoms with Gasteiger partial charge in [-0.05, 0) is 11.5 Å². The molecule has 0 unspecified atom stereocenters. The molecule has 0 amide bonds. The van der Waals surface area contributed by atoms with E-state index in [0.29, 0.717) is 4.34 Å². The van der Waals surface area contributed by atoms with Crippen LogP contribution in [0.15, 0.2) is 0 Å². The van der Waals surface area contributed by atoms with E-state index in [0.717, 1.165) is 11.5 Å². The Morgan fingerprint density at radius 3 is 2.67 bits per heavy atom. The van der Waals surface area contributed by atoms with Gasteiger partial charge in [0.05, 0.1) is 0 Å². The van der Waals surface area contributed by atoms with Crippen LogP contribution in [0.2, 0.25) is 4.34 Å². The highest BCUT2D eigenvalue weighted by Crippen LogP contribution is 2.24. The summed E-state index contributed by atoms with van der Waals surface area (Å²) >= 11 is 6.52. The fourth-order valence-corrected chi connectivity index (χ4v) is 1.14. The smallest absolute Gasteiger partial charge is 0.156 e. The van der Waals surface area contributed by atoms with Gasteiger partial charge < -0.3 is 5.73 Å². The first kappa shape index (κ1) is 6.33. The van der Waals surface area contributed by atoms with Crippen molar-refractivity contribution in [3.8, 4) is 6.07 Å². The monoisotopic (exact) mass is 159 g/mol. The molecule has 9 heavy (non-hydrogen) atoms. The molecule has 2 N–H and O–H groups in total. The van der Waals surface area contributed by atoms with Gasteiger partial charge in [0.1, 0.15) is 16.0 Å². The van der Waals surface area contributed by atoms with Gasteiger partial charge in [0.15, 0.2) is 5.82 Å². The number of anilines is 1. The van der Waals surface area contributed by atoms with Gasteiger partial charge in [-0.2, -0.15) is 9.64 Å². The van der Waals surface area contributed by atoms with Crippen molar-refractivity contribution >= 4 is 29.0 Å². The summed E-state index contributed by atoms with van der Waals surface area (Å²) < 4.78 is 4.01. The van der Waals surface area contributed by atoms with Crippen LogP contribution in [-0.4, -0.2) is 4.37 Å². The summed E-state index contributed by atoms with van der Waals surface area (Å²) in [6.07, 6.45) is 0. The van der Waals surface area contributed by atoms with Crippen molar-refractivity contribution in [1.29, 1.82) is 5.26 Å². The Morgan fingerprint density at radius 1 is 1.78 bits per heavy atom. The molecular formula is C4H2ClN3S. The molecule has 3 nitrogen and oxygen atoms in total. The molecule has 46 valence electrons. The molecule has 1 heterocycles. The van der Waals surface area contributed by atoms with Gasteiger partial charge in [-0.25, -0.2) is 0 Å². The number of nitrogens with two attached hydrogens (primary N) is 1. The number of nitriles is 1.